The lowest BCUT2D eigenvalue weighted by atomic mass is 9.92. The monoisotopic (exact) mass is 255 g/mol. The third kappa shape index (κ3) is 1.93. The maximum atomic E-state index is 5.87. The molecule has 2 atom stereocenters. The Morgan fingerprint density at radius 1 is 1.57 bits per heavy atom. The Kier molecular flexibility index (Phi) is 2.79. The molecule has 2 rings (SSSR count). The standard InChI is InChI=1S/C11H14BrNO/c1-7(13)9-4-8-5-10(12)2-3-11(8)14-6-9/h2-3,5,7,9H,4,6,13H2,1H3/t7-,9?/m0/s1. The molecule has 1 aliphatic heterocycles. The van der Waals surface area contributed by atoms with Crippen LogP contribution in [0.1, 0.15) is 12.5 Å². The van der Waals surface area contributed by atoms with Crippen LogP contribution in [0.25, 0.3) is 0 Å². The van der Waals surface area contributed by atoms with Gasteiger partial charge in [-0.05, 0) is 37.1 Å². The smallest absolute Gasteiger partial charge is 0.122 e. The molecule has 0 spiro atoms. The maximum Gasteiger partial charge on any atom is 0.122 e. The van der Waals surface area contributed by atoms with Crippen molar-refractivity contribution in [1.82, 2.24) is 0 Å². The maximum absolute atomic E-state index is 5.87. The van der Waals surface area contributed by atoms with Gasteiger partial charge in [-0.2, -0.15) is 0 Å². The molecule has 1 unspecified atom stereocenters. The lowest BCUT2D eigenvalue weighted by Crippen LogP contribution is -2.35. The summed E-state index contributed by atoms with van der Waals surface area (Å²) in [6, 6.07) is 6.33. The van der Waals surface area contributed by atoms with E-state index in [4.69, 9.17) is 10.5 Å². The zero-order chi connectivity index (χ0) is 10.1. The molecule has 76 valence electrons. The van der Waals surface area contributed by atoms with Crippen LogP contribution in [0.2, 0.25) is 0 Å². The summed E-state index contributed by atoms with van der Waals surface area (Å²) < 4.78 is 6.75. The topological polar surface area (TPSA) is 35.2 Å². The van der Waals surface area contributed by atoms with Crippen molar-refractivity contribution in [3.8, 4) is 5.75 Å². The number of hydrogen-bond donors (Lipinski definition) is 1. The molecule has 0 saturated carbocycles. The van der Waals surface area contributed by atoms with Gasteiger partial charge in [-0.3, -0.25) is 0 Å². The Balaban J connectivity index is 2.24. The normalized spacial score (nSPS) is 22.4. The molecule has 2 N–H and O–H groups in total. The first-order valence-electron chi connectivity index (χ1n) is 4.83. The van der Waals surface area contributed by atoms with Crippen molar-refractivity contribution < 1.29 is 4.74 Å². The van der Waals surface area contributed by atoms with E-state index >= 15 is 0 Å². The van der Waals surface area contributed by atoms with E-state index in [2.05, 4.69) is 22.0 Å². The summed E-state index contributed by atoms with van der Waals surface area (Å²) in [6.07, 6.45) is 1.02. The molecule has 14 heavy (non-hydrogen) atoms. The van der Waals surface area contributed by atoms with E-state index < -0.39 is 0 Å². The summed E-state index contributed by atoms with van der Waals surface area (Å²) in [5.41, 5.74) is 7.13. The fraction of sp³-hybridized carbons (Fsp3) is 0.455. The lowest BCUT2D eigenvalue weighted by molar-refractivity contribution is 0.204. The van der Waals surface area contributed by atoms with Gasteiger partial charge in [0.05, 0.1) is 6.61 Å². The van der Waals surface area contributed by atoms with E-state index in [0.717, 1.165) is 23.2 Å². The van der Waals surface area contributed by atoms with Gasteiger partial charge in [0.1, 0.15) is 5.75 Å². The number of nitrogens with two attached hydrogens (primary N) is 1. The first-order valence-corrected chi connectivity index (χ1v) is 5.63. The van der Waals surface area contributed by atoms with Crippen molar-refractivity contribution >= 4 is 15.9 Å². The predicted molar refractivity (Wildman–Crippen MR) is 60.5 cm³/mol. The Bertz CT molecular complexity index is 338. The van der Waals surface area contributed by atoms with Gasteiger partial charge >= 0.3 is 0 Å². The molecule has 1 aromatic rings. The number of benzene rings is 1. The molecule has 0 bridgehead atoms. The summed E-state index contributed by atoms with van der Waals surface area (Å²) >= 11 is 3.46. The second-order valence-corrected chi connectivity index (χ2v) is 4.80. The van der Waals surface area contributed by atoms with Crippen LogP contribution in [0.4, 0.5) is 0 Å². The van der Waals surface area contributed by atoms with E-state index in [1.807, 2.05) is 19.1 Å². The summed E-state index contributed by atoms with van der Waals surface area (Å²) in [6.45, 7) is 2.78. The molecule has 0 saturated heterocycles. The second kappa shape index (κ2) is 3.91. The zero-order valence-electron chi connectivity index (χ0n) is 8.16. The minimum atomic E-state index is 0.196. The highest BCUT2D eigenvalue weighted by molar-refractivity contribution is 9.10. The van der Waals surface area contributed by atoms with E-state index in [0.29, 0.717) is 5.92 Å². The molecule has 2 nitrogen and oxygen atoms in total. The van der Waals surface area contributed by atoms with Crippen molar-refractivity contribution in [3.05, 3.63) is 28.2 Å². The molecular weight excluding hydrogens is 242 g/mol. The molecule has 0 radical (unpaired) electrons. The molecule has 1 aromatic carbocycles. The number of halogens is 1. The fourth-order valence-corrected chi connectivity index (χ4v) is 2.13. The van der Waals surface area contributed by atoms with Crippen LogP contribution in [0.5, 0.6) is 5.75 Å². The van der Waals surface area contributed by atoms with Crippen LogP contribution in [-0.2, 0) is 6.42 Å². The molecule has 0 aliphatic carbocycles. The Hall–Kier alpha value is -0.540. The van der Waals surface area contributed by atoms with Crippen molar-refractivity contribution in [1.29, 1.82) is 0 Å². The highest BCUT2D eigenvalue weighted by Crippen LogP contribution is 2.30. The fourth-order valence-electron chi connectivity index (χ4n) is 1.72. The quantitative estimate of drug-likeness (QED) is 0.837. The van der Waals surface area contributed by atoms with Gasteiger partial charge in [0.15, 0.2) is 0 Å². The average Bonchev–Trinajstić information content (AvgIpc) is 2.16. The first kappa shape index (κ1) is 9.99. The number of ether oxygens (including phenoxy) is 1. The molecule has 0 fully saturated rings. The van der Waals surface area contributed by atoms with Gasteiger partial charge in [0.2, 0.25) is 0 Å². The molecular formula is C11H14BrNO. The second-order valence-electron chi connectivity index (χ2n) is 3.89. The summed E-state index contributed by atoms with van der Waals surface area (Å²) in [5.74, 6) is 1.45. The van der Waals surface area contributed by atoms with Crippen LogP contribution in [0.3, 0.4) is 0 Å². The van der Waals surface area contributed by atoms with E-state index in [1.165, 1.54) is 5.56 Å². The third-order valence-electron chi connectivity index (χ3n) is 2.70. The lowest BCUT2D eigenvalue weighted by Gasteiger charge is -2.27. The highest BCUT2D eigenvalue weighted by atomic mass is 79.9. The minimum absolute atomic E-state index is 0.196. The minimum Gasteiger partial charge on any atom is -0.493 e. The van der Waals surface area contributed by atoms with Crippen molar-refractivity contribution in [2.45, 2.75) is 19.4 Å². The molecule has 0 amide bonds. The van der Waals surface area contributed by atoms with Gasteiger partial charge in [-0.1, -0.05) is 15.9 Å². The van der Waals surface area contributed by atoms with Crippen molar-refractivity contribution in [2.75, 3.05) is 6.61 Å². The molecule has 1 aliphatic rings. The van der Waals surface area contributed by atoms with Gasteiger partial charge < -0.3 is 10.5 Å². The predicted octanol–water partition coefficient (Wildman–Crippen LogP) is 2.35. The van der Waals surface area contributed by atoms with Crippen molar-refractivity contribution in [3.63, 3.8) is 0 Å². The largest absolute Gasteiger partial charge is 0.493 e. The van der Waals surface area contributed by atoms with Gasteiger partial charge in [0.25, 0.3) is 0 Å². The molecule has 1 heterocycles. The summed E-state index contributed by atoms with van der Waals surface area (Å²) in [4.78, 5) is 0. The van der Waals surface area contributed by atoms with E-state index in [-0.39, 0.29) is 6.04 Å². The van der Waals surface area contributed by atoms with Crippen LogP contribution in [-0.4, -0.2) is 12.6 Å². The van der Waals surface area contributed by atoms with E-state index in [9.17, 15) is 0 Å². The Morgan fingerprint density at radius 2 is 2.36 bits per heavy atom. The third-order valence-corrected chi connectivity index (χ3v) is 3.19. The van der Waals surface area contributed by atoms with E-state index in [1.54, 1.807) is 0 Å². The first-order chi connectivity index (χ1) is 6.66. The van der Waals surface area contributed by atoms with Gasteiger partial charge in [0, 0.05) is 16.4 Å². The van der Waals surface area contributed by atoms with Gasteiger partial charge in [-0.25, -0.2) is 0 Å². The highest BCUT2D eigenvalue weighted by Gasteiger charge is 2.22. The Labute approximate surface area is 92.6 Å². The van der Waals surface area contributed by atoms with Gasteiger partial charge in [-0.15, -0.1) is 0 Å². The van der Waals surface area contributed by atoms with Crippen LogP contribution in [0, 0.1) is 5.92 Å². The average molecular weight is 256 g/mol. The number of rotatable bonds is 1. The van der Waals surface area contributed by atoms with Crippen molar-refractivity contribution in [2.24, 2.45) is 11.7 Å². The van der Waals surface area contributed by atoms with Crippen LogP contribution < -0.4 is 10.5 Å². The van der Waals surface area contributed by atoms with Crippen LogP contribution >= 0.6 is 15.9 Å². The SMILES string of the molecule is C[C@H](N)C1COc2ccc(Br)cc2C1. The summed E-state index contributed by atoms with van der Waals surface area (Å²) in [5, 5.41) is 0. The number of hydrogen-bond acceptors (Lipinski definition) is 2. The number of fused-ring (bicyclic) bond motifs is 1. The zero-order valence-corrected chi connectivity index (χ0v) is 9.75. The summed E-state index contributed by atoms with van der Waals surface area (Å²) in [7, 11) is 0. The molecule has 0 aromatic heterocycles. The Morgan fingerprint density at radius 3 is 3.07 bits per heavy atom. The molecule has 3 heteroatoms. The van der Waals surface area contributed by atoms with Crippen LogP contribution in [0.15, 0.2) is 22.7 Å².